The van der Waals surface area contributed by atoms with Gasteiger partial charge in [-0.3, -0.25) is 9.59 Å². The number of hydrogen-bond acceptors (Lipinski definition) is 7. The van der Waals surface area contributed by atoms with Gasteiger partial charge in [0.05, 0.1) is 21.3 Å². The Morgan fingerprint density at radius 1 is 0.974 bits per heavy atom. The van der Waals surface area contributed by atoms with Crippen LogP contribution in [0.5, 0.6) is 17.2 Å². The minimum Gasteiger partial charge on any atom is -0.493 e. The summed E-state index contributed by atoms with van der Waals surface area (Å²) in [7, 11) is 4.51. The second-order valence-corrected chi connectivity index (χ2v) is 7.99. The van der Waals surface area contributed by atoms with Crippen molar-refractivity contribution < 1.29 is 46.9 Å². The average molecular weight is 542 g/mol. The number of carbonyl (C=O) groups excluding carboxylic acids is 2. The first-order chi connectivity index (χ1) is 18.0. The number of ether oxygens (including phenoxy) is 3. The number of piperazine rings is 1. The number of methoxy groups -OCH3 is 3. The van der Waals surface area contributed by atoms with E-state index in [4.69, 9.17) is 24.1 Å². The molecule has 1 aliphatic rings. The Bertz CT molecular complexity index is 1070. The van der Waals surface area contributed by atoms with Crippen LogP contribution in [0.4, 0.5) is 13.2 Å². The number of carbonyl (C=O) groups is 3. The van der Waals surface area contributed by atoms with Gasteiger partial charge in [0.1, 0.15) is 6.54 Å². The molecule has 208 valence electrons. The van der Waals surface area contributed by atoms with Crippen LogP contribution in [0.1, 0.15) is 15.9 Å². The molecule has 13 heteroatoms. The van der Waals surface area contributed by atoms with Gasteiger partial charge in [0.15, 0.2) is 11.5 Å². The summed E-state index contributed by atoms with van der Waals surface area (Å²) in [6, 6.07) is 12.8. The third-order valence-corrected chi connectivity index (χ3v) is 5.45. The van der Waals surface area contributed by atoms with Crippen molar-refractivity contribution in [2.45, 2.75) is 12.7 Å². The second-order valence-electron chi connectivity index (χ2n) is 7.99. The molecule has 2 amide bonds. The molecular formula is C25H30F3N3O7. The maximum absolute atomic E-state index is 13.5. The highest BCUT2D eigenvalue weighted by molar-refractivity contribution is 5.97. The van der Waals surface area contributed by atoms with Crippen molar-refractivity contribution in [2.75, 3.05) is 54.1 Å². The molecule has 0 bridgehead atoms. The highest BCUT2D eigenvalue weighted by Gasteiger charge is 2.38. The van der Waals surface area contributed by atoms with E-state index in [9.17, 15) is 22.8 Å². The van der Waals surface area contributed by atoms with Crippen LogP contribution >= 0.6 is 0 Å². The molecule has 0 saturated carbocycles. The molecule has 0 spiro atoms. The number of nitrogens with one attached hydrogen (secondary N) is 1. The summed E-state index contributed by atoms with van der Waals surface area (Å²) >= 11 is 0. The number of aliphatic carboxylic acids is 1. The molecule has 3 rings (SSSR count). The number of carboxylic acids is 1. The summed E-state index contributed by atoms with van der Waals surface area (Å²) in [5, 5.41) is 10.4. The van der Waals surface area contributed by atoms with E-state index in [1.807, 2.05) is 30.3 Å². The predicted octanol–water partition coefficient (Wildman–Crippen LogP) is 2.42. The Morgan fingerprint density at radius 3 is 1.95 bits per heavy atom. The van der Waals surface area contributed by atoms with Crippen LogP contribution in [0, 0.1) is 0 Å². The quantitative estimate of drug-likeness (QED) is 0.524. The van der Waals surface area contributed by atoms with E-state index >= 15 is 0 Å². The lowest BCUT2D eigenvalue weighted by Crippen LogP contribution is -2.50. The number of halogens is 3. The lowest BCUT2D eigenvalue weighted by molar-refractivity contribution is -0.192. The molecule has 1 heterocycles. The molecule has 0 unspecified atom stereocenters. The number of alkyl halides is 3. The molecule has 0 atom stereocenters. The van der Waals surface area contributed by atoms with E-state index in [2.05, 4.69) is 5.32 Å². The third kappa shape index (κ3) is 8.54. The summed E-state index contributed by atoms with van der Waals surface area (Å²) in [6.45, 7) is 3.09. The molecule has 2 aromatic rings. The number of carboxylic acid groups (broad SMARTS) is 1. The average Bonchev–Trinajstić information content (AvgIpc) is 2.92. The Morgan fingerprint density at radius 2 is 1.50 bits per heavy atom. The van der Waals surface area contributed by atoms with Gasteiger partial charge in [0, 0.05) is 38.3 Å². The van der Waals surface area contributed by atoms with Crippen LogP contribution in [-0.4, -0.2) is 92.9 Å². The Labute approximate surface area is 217 Å². The summed E-state index contributed by atoms with van der Waals surface area (Å²) in [4.78, 5) is 38.7. The van der Waals surface area contributed by atoms with Crippen LogP contribution in [0.15, 0.2) is 42.5 Å². The van der Waals surface area contributed by atoms with Gasteiger partial charge in [0.25, 0.3) is 5.91 Å². The number of nitrogens with zero attached hydrogens (tertiary/aromatic N) is 2. The fourth-order valence-electron chi connectivity index (χ4n) is 3.57. The summed E-state index contributed by atoms with van der Waals surface area (Å²) < 4.78 is 47.9. The molecule has 2 N–H and O–H groups in total. The first-order valence-electron chi connectivity index (χ1n) is 11.4. The molecular weight excluding hydrogens is 511 g/mol. The second kappa shape index (κ2) is 14.1. The normalized spacial score (nSPS) is 13.1. The number of hydrogen-bond donors (Lipinski definition) is 2. The molecule has 0 aliphatic carbocycles. The van der Waals surface area contributed by atoms with Gasteiger partial charge in [-0.05, 0) is 17.7 Å². The van der Waals surface area contributed by atoms with Crippen molar-refractivity contribution in [1.29, 1.82) is 0 Å². The fraction of sp³-hybridized carbons (Fsp3) is 0.400. The van der Waals surface area contributed by atoms with Crippen molar-refractivity contribution in [2.24, 2.45) is 0 Å². The largest absolute Gasteiger partial charge is 0.493 e. The number of rotatable bonds is 8. The molecule has 10 nitrogen and oxygen atoms in total. The van der Waals surface area contributed by atoms with Crippen LogP contribution in [0.3, 0.4) is 0 Å². The van der Waals surface area contributed by atoms with Gasteiger partial charge in [-0.25, -0.2) is 4.79 Å². The number of benzene rings is 2. The maximum Gasteiger partial charge on any atom is 0.490 e. The van der Waals surface area contributed by atoms with Crippen LogP contribution in [0.2, 0.25) is 0 Å². The van der Waals surface area contributed by atoms with Gasteiger partial charge in [-0.2, -0.15) is 13.2 Å². The Balaban J connectivity index is 0.000000638. The van der Waals surface area contributed by atoms with Crippen molar-refractivity contribution in [3.63, 3.8) is 0 Å². The number of amides is 2. The van der Waals surface area contributed by atoms with Gasteiger partial charge >= 0.3 is 12.1 Å². The zero-order valence-electron chi connectivity index (χ0n) is 21.2. The molecule has 1 aliphatic heterocycles. The zero-order chi connectivity index (χ0) is 28.3. The molecule has 1 fully saturated rings. The predicted molar refractivity (Wildman–Crippen MR) is 130 cm³/mol. The fourth-order valence-corrected chi connectivity index (χ4v) is 3.57. The zero-order valence-corrected chi connectivity index (χ0v) is 21.2. The minimum absolute atomic E-state index is 0.00954. The van der Waals surface area contributed by atoms with E-state index in [1.165, 1.54) is 21.3 Å². The van der Waals surface area contributed by atoms with E-state index in [1.54, 1.807) is 21.9 Å². The topological polar surface area (TPSA) is 118 Å². The van der Waals surface area contributed by atoms with Crippen molar-refractivity contribution >= 4 is 17.8 Å². The van der Waals surface area contributed by atoms with Crippen molar-refractivity contribution in [1.82, 2.24) is 15.1 Å². The monoisotopic (exact) mass is 541 g/mol. The van der Waals surface area contributed by atoms with Gasteiger partial charge in [0.2, 0.25) is 11.7 Å². The smallest absolute Gasteiger partial charge is 0.490 e. The van der Waals surface area contributed by atoms with Gasteiger partial charge < -0.3 is 34.4 Å². The lowest BCUT2D eigenvalue weighted by atomic mass is 10.1. The first kappa shape index (κ1) is 30.2. The van der Waals surface area contributed by atoms with Crippen LogP contribution in [-0.2, 0) is 16.1 Å². The maximum atomic E-state index is 13.5. The first-order valence-corrected chi connectivity index (χ1v) is 11.4. The molecule has 38 heavy (non-hydrogen) atoms. The standard InChI is InChI=1S/C23H29N3O5.C2HF3O2/c1-29-19-13-18(14-20(30-2)22(19)31-3)23(28)26(15-17-7-5-4-6-8-17)16-21(27)25-11-9-24-10-12-25;3-2(4,5)1(6)7/h4-8,13-14,24H,9-12,15-16H2,1-3H3;(H,6,7). The van der Waals surface area contributed by atoms with E-state index in [-0.39, 0.29) is 18.4 Å². The minimum atomic E-state index is -5.08. The summed E-state index contributed by atoms with van der Waals surface area (Å²) in [5.41, 5.74) is 1.30. The van der Waals surface area contributed by atoms with E-state index in [0.29, 0.717) is 42.4 Å². The highest BCUT2D eigenvalue weighted by atomic mass is 19.4. The third-order valence-electron chi connectivity index (χ3n) is 5.45. The molecule has 2 aromatic carbocycles. The molecule has 0 radical (unpaired) electrons. The Hall–Kier alpha value is -4.00. The van der Waals surface area contributed by atoms with Gasteiger partial charge in [-0.15, -0.1) is 0 Å². The molecule has 1 saturated heterocycles. The SMILES string of the molecule is COc1cc(C(=O)N(CC(=O)N2CCNCC2)Cc2ccccc2)cc(OC)c1OC.O=C(O)C(F)(F)F. The van der Waals surface area contributed by atoms with Crippen molar-refractivity contribution in [3.05, 3.63) is 53.6 Å². The van der Waals surface area contributed by atoms with Crippen LogP contribution < -0.4 is 19.5 Å². The molecule has 0 aromatic heterocycles. The summed E-state index contributed by atoms with van der Waals surface area (Å²) in [6.07, 6.45) is -5.08. The van der Waals surface area contributed by atoms with E-state index < -0.39 is 12.1 Å². The Kier molecular flexibility index (Phi) is 11.2. The van der Waals surface area contributed by atoms with Crippen molar-refractivity contribution in [3.8, 4) is 17.2 Å². The van der Waals surface area contributed by atoms with Gasteiger partial charge in [-0.1, -0.05) is 30.3 Å². The lowest BCUT2D eigenvalue weighted by Gasteiger charge is -2.30. The highest BCUT2D eigenvalue weighted by Crippen LogP contribution is 2.38. The van der Waals surface area contributed by atoms with Crippen LogP contribution in [0.25, 0.3) is 0 Å². The van der Waals surface area contributed by atoms with E-state index in [0.717, 1.165) is 18.7 Å². The summed E-state index contributed by atoms with van der Waals surface area (Å²) in [5.74, 6) is -1.93.